The van der Waals surface area contributed by atoms with Crippen molar-refractivity contribution in [3.05, 3.63) is 247 Å². The molecule has 7 N–H and O–H groups in total. The molecule has 6 aliphatic heterocycles. The number of ether oxygens (including phenoxy) is 2. The number of sulfone groups is 1. The van der Waals surface area contributed by atoms with Gasteiger partial charge in [0, 0.05) is 136 Å². The third-order valence-electron chi connectivity index (χ3n) is 23.6. The van der Waals surface area contributed by atoms with Crippen LogP contribution < -0.4 is 33.8 Å². The molecule has 6 aromatic heterocycles. The monoisotopic (exact) mass is 1820 g/mol. The number of methoxy groups -OCH3 is 1. The van der Waals surface area contributed by atoms with E-state index in [-0.39, 0.29) is 96.9 Å². The van der Waals surface area contributed by atoms with Crippen molar-refractivity contribution >= 4 is 117 Å². The average molecular weight is 1820 g/mol. The van der Waals surface area contributed by atoms with Gasteiger partial charge in [-0.25, -0.2) is 56.6 Å². The Morgan fingerprint density at radius 1 is 0.397 bits per heavy atom. The number of aromatic hydroxyl groups is 6. The first kappa shape index (κ1) is 94.7. The molecule has 0 fully saturated rings. The molecule has 12 aromatic rings. The van der Waals surface area contributed by atoms with Crippen LogP contribution in [-0.4, -0.2) is 224 Å². The number of aromatic carboxylic acids is 1. The summed E-state index contributed by atoms with van der Waals surface area (Å²) in [6.07, 6.45) is 9.15. The van der Waals surface area contributed by atoms with Crippen molar-refractivity contribution < 1.29 is 109 Å². The van der Waals surface area contributed by atoms with E-state index in [2.05, 4.69) is 14.5 Å². The van der Waals surface area contributed by atoms with Gasteiger partial charge < -0.3 is 101 Å². The number of nitrogens with zero attached hydrogens (tertiary/aromatic N) is 7. The minimum atomic E-state index is -3.36. The van der Waals surface area contributed by atoms with Crippen LogP contribution in [0.2, 0.25) is 0 Å². The predicted octanol–water partition coefficient (Wildman–Crippen LogP) is 8.83. The van der Waals surface area contributed by atoms with E-state index in [4.69, 9.17) is 36.1 Å². The summed E-state index contributed by atoms with van der Waals surface area (Å²) in [6.45, 7) is 11.4. The largest absolute Gasteiger partial charge is 0.507 e. The van der Waals surface area contributed by atoms with Gasteiger partial charge in [0.1, 0.15) is 67.9 Å². The zero-order chi connectivity index (χ0) is 94.8. The standard InChI is InChI=1S/C18H19NO5.C16H18N2O5.C16H17NO5S.C15H15NO5.C15H15NO4.C14H13NO5/c1-3-23-16(21)7-5-13-15(20)6-4-12-11-8-9-19(2)10-14(11)18(22)24-17(12)13;1-17-7-6-9-10-4-5-12(19)13(15(20)18(2)22-3)14(10)23-16(21)11(9)8-17;1-17-7-5-10-11-3-4-14(18)12(6-8-23(2,20)21)15(11)22-16(19)13(10)9-17;1-16-6-5-8-9-3-4-11(17)12(15(19)20-2)13(9)21-14(18)10(8)7-16;1-8(17)13-12(18)4-3-10-9-5-6-16(2)7-11(9)15(19)20-14(10)13;1-15-5-4-7-8-2-3-10(16)11(13(17)18)12(8)20-14(19)9(7)6-15/h4-7,20H,3,8-10H2,1-2H3;4-5,19H,6-8H2,1-3H3;3-4,6,8,18H,5,7,9H2,1-2H3;3-4,17H,5-7H2,1-2H3;3-4,18H,5-7H2,1-2H3;2-3,16H,4-6H2,1H3,(H,17,18)/b7-5+;;8-6+;;;. The van der Waals surface area contributed by atoms with E-state index in [0.717, 1.165) is 118 Å². The van der Waals surface area contributed by atoms with Crippen LogP contribution in [0.4, 0.5) is 0 Å². The molecule has 0 atom stereocenters. The lowest BCUT2D eigenvalue weighted by Crippen LogP contribution is -2.31. The molecular weight excluding hydrogens is 1720 g/mol. The molecule has 688 valence electrons. The Balaban J connectivity index is 0.000000134. The first-order valence-corrected chi connectivity index (χ1v) is 43.5. The third kappa shape index (κ3) is 19.8. The molecule has 6 aliphatic rings. The molecular formula is C94H97N7O29S. The average Bonchev–Trinajstić information content (AvgIpc) is 0.746. The molecule has 12 heterocycles. The van der Waals surface area contributed by atoms with Gasteiger partial charge in [-0.3, -0.25) is 14.4 Å². The van der Waals surface area contributed by atoms with Gasteiger partial charge in [0.15, 0.2) is 38.0 Å². The number of esters is 2. The number of benzene rings is 6. The molecule has 1 amide bonds. The number of phenols is 6. The number of likely N-dealkylation sites (N-methyl/N-ethyl adjacent to an activating group) is 6. The van der Waals surface area contributed by atoms with Crippen LogP contribution in [0.15, 0.2) is 140 Å². The molecule has 6 aromatic carbocycles. The smallest absolute Gasteiger partial charge is 0.345 e. The van der Waals surface area contributed by atoms with Gasteiger partial charge in [0.2, 0.25) is 0 Å². The number of rotatable bonds is 10. The quantitative estimate of drug-likeness (QED) is 0.0221. The highest BCUT2D eigenvalue weighted by atomic mass is 32.2. The van der Waals surface area contributed by atoms with Gasteiger partial charge in [-0.2, -0.15) is 0 Å². The number of phenolic OH excluding ortho intramolecular Hbond substituents is 5. The number of carboxylic acid groups (broad SMARTS) is 1. The summed E-state index contributed by atoms with van der Waals surface area (Å²) in [5.74, 6) is -4.70. The maximum Gasteiger partial charge on any atom is 0.345 e. The lowest BCUT2D eigenvalue weighted by atomic mass is 9.95. The highest BCUT2D eigenvalue weighted by Crippen LogP contribution is 2.40. The Kier molecular flexibility index (Phi) is 28.3. The first-order chi connectivity index (χ1) is 62.2. The number of amides is 1. The molecule has 131 heavy (non-hydrogen) atoms. The Morgan fingerprint density at radius 3 is 0.962 bits per heavy atom. The molecule has 18 rings (SSSR count). The number of ketones is 1. The lowest BCUT2D eigenvalue weighted by Gasteiger charge is -2.25. The second-order valence-electron chi connectivity index (χ2n) is 32.7. The number of carboxylic acids is 1. The van der Waals surface area contributed by atoms with E-state index < -0.39 is 73.2 Å². The summed E-state index contributed by atoms with van der Waals surface area (Å²) in [7, 11) is 12.2. The molecule has 0 bridgehead atoms. The molecule has 0 aliphatic carbocycles. The van der Waals surface area contributed by atoms with Crippen molar-refractivity contribution in [3.63, 3.8) is 0 Å². The van der Waals surface area contributed by atoms with Crippen molar-refractivity contribution in [3.8, 4) is 34.5 Å². The Bertz CT molecular complexity index is 7110. The number of hydrogen-bond acceptors (Lipinski definition) is 34. The van der Waals surface area contributed by atoms with Crippen molar-refractivity contribution in [1.82, 2.24) is 34.5 Å². The minimum absolute atomic E-state index is 0.0502. The predicted molar refractivity (Wildman–Crippen MR) is 482 cm³/mol. The van der Waals surface area contributed by atoms with Crippen LogP contribution >= 0.6 is 0 Å². The fraction of sp³-hybridized carbons (Fsp3) is 0.330. The molecule has 0 saturated heterocycles. The number of carbonyl (C=O) groups is 5. The van der Waals surface area contributed by atoms with Crippen molar-refractivity contribution in [2.24, 2.45) is 0 Å². The van der Waals surface area contributed by atoms with Gasteiger partial charge in [-0.1, -0.05) is 0 Å². The SMILES string of the molecule is CC(=O)c1c(O)ccc2c3c(c(=O)oc12)CN(C)CC3.CCOC(=O)/C=C/c1c(O)ccc2c3c(c(=O)oc12)CN(C)CC3.CN1CCc2c(c(=O)oc3c(/C=C/S(C)(=O)=O)c(O)ccc23)C1.CN1CCc2c(c(=O)oc3c(C(=O)O)c(O)ccc23)C1.COC(=O)c1c(O)ccc2c3c(c(=O)oc12)CN(C)CC3.CON(C)C(=O)c1c(O)ccc2c3c(c(=O)oc12)CN(C)CC3. The highest BCUT2D eigenvalue weighted by molar-refractivity contribution is 7.93. The van der Waals surface area contributed by atoms with Crippen LogP contribution in [0.1, 0.15) is 133 Å². The van der Waals surface area contributed by atoms with Crippen LogP contribution in [0.3, 0.4) is 0 Å². The second-order valence-corrected chi connectivity index (χ2v) is 34.6. The molecule has 0 unspecified atom stereocenters. The summed E-state index contributed by atoms with van der Waals surface area (Å²) in [6, 6.07) is 18.8. The number of Topliss-reactive ketones (excluding diaryl/α,β-unsaturated/α-hetero) is 1. The Labute approximate surface area is 745 Å². The highest BCUT2D eigenvalue weighted by Gasteiger charge is 2.33. The van der Waals surface area contributed by atoms with E-state index in [1.54, 1.807) is 49.4 Å². The Hall–Kier alpha value is -13.9. The summed E-state index contributed by atoms with van der Waals surface area (Å²) in [5.41, 5.74) is 7.23. The summed E-state index contributed by atoms with van der Waals surface area (Å²) in [5, 5.41) is 74.9. The second kappa shape index (κ2) is 39.2. The van der Waals surface area contributed by atoms with Crippen LogP contribution in [-0.2, 0) is 107 Å². The fourth-order valence-corrected chi connectivity index (χ4v) is 17.3. The van der Waals surface area contributed by atoms with Crippen molar-refractivity contribution in [1.29, 1.82) is 0 Å². The minimum Gasteiger partial charge on any atom is -0.507 e. The van der Waals surface area contributed by atoms with E-state index in [1.807, 2.05) is 61.9 Å². The van der Waals surface area contributed by atoms with Gasteiger partial charge >= 0.3 is 51.7 Å². The number of carbonyl (C=O) groups excluding carboxylic acids is 4. The summed E-state index contributed by atoms with van der Waals surface area (Å²) >= 11 is 0. The molecule has 0 spiro atoms. The van der Waals surface area contributed by atoms with E-state index in [1.165, 1.54) is 76.8 Å². The van der Waals surface area contributed by atoms with E-state index in [9.17, 15) is 96.9 Å². The lowest BCUT2D eigenvalue weighted by molar-refractivity contribution is -0.137. The Morgan fingerprint density at radius 2 is 0.664 bits per heavy atom. The first-order valence-electron chi connectivity index (χ1n) is 41.5. The van der Waals surface area contributed by atoms with Crippen LogP contribution in [0, 0.1) is 0 Å². The molecule has 37 heteroatoms. The van der Waals surface area contributed by atoms with Gasteiger partial charge in [-0.15, -0.1) is 0 Å². The fourth-order valence-electron chi connectivity index (χ4n) is 16.9. The number of fused-ring (bicyclic) bond motifs is 18. The van der Waals surface area contributed by atoms with E-state index >= 15 is 0 Å². The maximum atomic E-state index is 12.4. The topological polar surface area (TPSA) is 493 Å². The molecule has 0 radical (unpaired) electrons. The zero-order valence-corrected chi connectivity index (χ0v) is 74.6. The van der Waals surface area contributed by atoms with E-state index in [0.29, 0.717) is 126 Å². The van der Waals surface area contributed by atoms with Crippen molar-refractivity contribution in [2.45, 2.75) is 91.6 Å². The molecule has 0 saturated carbocycles. The van der Waals surface area contributed by atoms with Crippen molar-refractivity contribution in [2.75, 3.05) is 116 Å². The maximum absolute atomic E-state index is 12.4. The molecule has 36 nitrogen and oxygen atoms in total. The summed E-state index contributed by atoms with van der Waals surface area (Å²) in [4.78, 5) is 149. The van der Waals surface area contributed by atoms with Gasteiger partial charge in [0.25, 0.3) is 5.91 Å². The summed E-state index contributed by atoms with van der Waals surface area (Å²) < 4.78 is 64.2. The van der Waals surface area contributed by atoms with Gasteiger partial charge in [-0.05, 0) is 213 Å². The number of hydrogen-bond donors (Lipinski definition) is 7. The van der Waals surface area contributed by atoms with Crippen LogP contribution in [0.5, 0.6) is 34.5 Å². The van der Waals surface area contributed by atoms with Gasteiger partial charge in [0.05, 0.1) is 65.3 Å². The third-order valence-corrected chi connectivity index (χ3v) is 24.2. The normalized spacial score (nSPS) is 15.2. The zero-order valence-electron chi connectivity index (χ0n) is 73.8. The number of hydroxylamine groups is 2. The van der Waals surface area contributed by atoms with Crippen LogP contribution in [0.25, 0.3) is 78.0 Å².